The molecule has 4 nitrogen and oxygen atoms in total. The van der Waals surface area contributed by atoms with Crippen molar-refractivity contribution in [1.29, 1.82) is 0 Å². The molecule has 0 bridgehead atoms. The lowest BCUT2D eigenvalue weighted by atomic mass is 10.2. The number of carbonyl (C=O) groups is 2. The Labute approximate surface area is 101 Å². The lowest BCUT2D eigenvalue weighted by Gasteiger charge is -2.14. The summed E-state index contributed by atoms with van der Waals surface area (Å²) in [7, 11) is 1.31. The van der Waals surface area contributed by atoms with Crippen LogP contribution in [0.4, 0.5) is 0 Å². The zero-order valence-corrected chi connectivity index (χ0v) is 9.96. The van der Waals surface area contributed by atoms with Crippen LogP contribution >= 0.6 is 0 Å². The van der Waals surface area contributed by atoms with Crippen molar-refractivity contribution in [3.05, 3.63) is 35.9 Å². The van der Waals surface area contributed by atoms with Crippen molar-refractivity contribution >= 4 is 12.4 Å². The third-order valence-electron chi connectivity index (χ3n) is 2.48. The molecule has 1 amide bonds. The summed E-state index contributed by atoms with van der Waals surface area (Å²) in [5.74, 6) is 0.295. The number of amides is 1. The van der Waals surface area contributed by atoms with Gasteiger partial charge in [0.15, 0.2) is 0 Å². The fraction of sp³-hybridized carbons (Fsp3) is 0.385. The Morgan fingerprint density at radius 1 is 1.35 bits per heavy atom. The molecular formula is C13H17NO3. The summed E-state index contributed by atoms with van der Waals surface area (Å²) >= 11 is 0. The highest BCUT2D eigenvalue weighted by atomic mass is 16.5. The molecule has 0 N–H and O–H groups in total. The normalized spacial score (nSPS) is 13.9. The van der Waals surface area contributed by atoms with Crippen LogP contribution in [-0.2, 0) is 20.9 Å². The van der Waals surface area contributed by atoms with Gasteiger partial charge in [-0.05, 0) is 12.0 Å². The highest BCUT2D eigenvalue weighted by molar-refractivity contribution is 5.78. The fourth-order valence-corrected chi connectivity index (χ4v) is 1.67. The van der Waals surface area contributed by atoms with Crippen molar-refractivity contribution in [2.45, 2.75) is 19.4 Å². The Bertz CT molecular complexity index is 351. The molecule has 0 aliphatic carbocycles. The van der Waals surface area contributed by atoms with E-state index in [1.807, 2.05) is 23.1 Å². The lowest BCUT2D eigenvalue weighted by molar-refractivity contribution is -0.128. The van der Waals surface area contributed by atoms with Crippen LogP contribution in [0.1, 0.15) is 18.4 Å². The maximum Gasteiger partial charge on any atom is 0.292 e. The van der Waals surface area contributed by atoms with Crippen molar-refractivity contribution in [2.24, 2.45) is 0 Å². The molecule has 1 aromatic carbocycles. The Balaban J connectivity index is 0.000000317. The van der Waals surface area contributed by atoms with E-state index >= 15 is 0 Å². The van der Waals surface area contributed by atoms with Gasteiger partial charge in [-0.25, -0.2) is 0 Å². The maximum absolute atomic E-state index is 11.3. The molecule has 0 aromatic heterocycles. The molecule has 4 heteroatoms. The van der Waals surface area contributed by atoms with Gasteiger partial charge in [-0.15, -0.1) is 0 Å². The predicted molar refractivity (Wildman–Crippen MR) is 64.2 cm³/mol. The molecule has 0 saturated carbocycles. The number of benzene rings is 1. The molecule has 0 unspecified atom stereocenters. The summed E-state index contributed by atoms with van der Waals surface area (Å²) in [6, 6.07) is 10.1. The number of ether oxygens (including phenoxy) is 1. The molecule has 1 aromatic rings. The van der Waals surface area contributed by atoms with Gasteiger partial charge in [-0.3, -0.25) is 9.59 Å². The standard InChI is InChI=1S/C11H13NO.C2H4O2/c13-11-7-4-8-12(11)9-10-5-2-1-3-6-10;1-4-2-3/h1-3,5-6H,4,7-9H2;2H,1H3. The largest absolute Gasteiger partial charge is 0.471 e. The first-order valence-electron chi connectivity index (χ1n) is 5.56. The number of likely N-dealkylation sites (tertiary alicyclic amines) is 1. The molecule has 2 rings (SSSR count). The summed E-state index contributed by atoms with van der Waals surface area (Å²) in [6.07, 6.45) is 1.75. The molecule has 1 heterocycles. The first-order valence-corrected chi connectivity index (χ1v) is 5.56. The molecular weight excluding hydrogens is 218 g/mol. The highest BCUT2D eigenvalue weighted by Gasteiger charge is 2.19. The van der Waals surface area contributed by atoms with Crippen molar-refractivity contribution in [3.63, 3.8) is 0 Å². The van der Waals surface area contributed by atoms with Gasteiger partial charge in [-0.2, -0.15) is 0 Å². The molecule has 1 saturated heterocycles. The number of carbonyl (C=O) groups excluding carboxylic acids is 2. The Kier molecular flexibility index (Phi) is 5.79. The van der Waals surface area contributed by atoms with Crippen LogP contribution in [0.2, 0.25) is 0 Å². The second kappa shape index (κ2) is 7.44. The summed E-state index contributed by atoms with van der Waals surface area (Å²) in [5, 5.41) is 0. The fourth-order valence-electron chi connectivity index (χ4n) is 1.67. The average Bonchev–Trinajstić information content (AvgIpc) is 2.77. The zero-order chi connectivity index (χ0) is 12.5. The van der Waals surface area contributed by atoms with Crippen LogP contribution in [0.15, 0.2) is 30.3 Å². The van der Waals surface area contributed by atoms with Crippen molar-refractivity contribution in [3.8, 4) is 0 Å². The van der Waals surface area contributed by atoms with E-state index in [1.165, 1.54) is 12.7 Å². The first kappa shape index (κ1) is 13.2. The van der Waals surface area contributed by atoms with Crippen LogP contribution in [0, 0.1) is 0 Å². The van der Waals surface area contributed by atoms with Crippen LogP contribution in [0.25, 0.3) is 0 Å². The van der Waals surface area contributed by atoms with Crippen LogP contribution < -0.4 is 0 Å². The Morgan fingerprint density at radius 3 is 2.47 bits per heavy atom. The molecule has 1 fully saturated rings. The van der Waals surface area contributed by atoms with Gasteiger partial charge in [0, 0.05) is 19.5 Å². The van der Waals surface area contributed by atoms with E-state index in [9.17, 15) is 4.79 Å². The summed E-state index contributed by atoms with van der Waals surface area (Å²) in [6.45, 7) is 2.08. The monoisotopic (exact) mass is 235 g/mol. The Morgan fingerprint density at radius 2 is 2.00 bits per heavy atom. The molecule has 1 aliphatic rings. The zero-order valence-electron chi connectivity index (χ0n) is 9.96. The third-order valence-corrected chi connectivity index (χ3v) is 2.48. The van der Waals surface area contributed by atoms with E-state index in [1.54, 1.807) is 0 Å². The third kappa shape index (κ3) is 4.68. The van der Waals surface area contributed by atoms with Gasteiger partial charge < -0.3 is 9.64 Å². The molecule has 17 heavy (non-hydrogen) atoms. The highest BCUT2D eigenvalue weighted by Crippen LogP contribution is 2.13. The quantitative estimate of drug-likeness (QED) is 0.747. The van der Waals surface area contributed by atoms with E-state index in [2.05, 4.69) is 16.9 Å². The van der Waals surface area contributed by atoms with Gasteiger partial charge in [0.1, 0.15) is 0 Å². The van der Waals surface area contributed by atoms with E-state index in [0.717, 1.165) is 25.9 Å². The first-order chi connectivity index (χ1) is 8.27. The number of methoxy groups -OCH3 is 1. The van der Waals surface area contributed by atoms with E-state index in [0.29, 0.717) is 12.4 Å². The van der Waals surface area contributed by atoms with E-state index in [-0.39, 0.29) is 0 Å². The van der Waals surface area contributed by atoms with Gasteiger partial charge in [-0.1, -0.05) is 30.3 Å². The second-order valence-corrected chi connectivity index (χ2v) is 3.74. The van der Waals surface area contributed by atoms with Crippen molar-refractivity contribution in [2.75, 3.05) is 13.7 Å². The predicted octanol–water partition coefficient (Wildman–Crippen LogP) is 1.60. The average molecular weight is 235 g/mol. The number of rotatable bonds is 3. The second-order valence-electron chi connectivity index (χ2n) is 3.74. The Hall–Kier alpha value is -1.84. The van der Waals surface area contributed by atoms with Gasteiger partial charge in [0.25, 0.3) is 6.47 Å². The van der Waals surface area contributed by atoms with E-state index < -0.39 is 0 Å². The molecule has 92 valence electrons. The summed E-state index contributed by atoms with van der Waals surface area (Å²) in [5.41, 5.74) is 1.22. The minimum absolute atomic E-state index is 0.295. The van der Waals surface area contributed by atoms with Crippen molar-refractivity contribution in [1.82, 2.24) is 4.90 Å². The minimum atomic E-state index is 0.295. The minimum Gasteiger partial charge on any atom is -0.471 e. The smallest absolute Gasteiger partial charge is 0.292 e. The lowest BCUT2D eigenvalue weighted by Crippen LogP contribution is -2.23. The van der Waals surface area contributed by atoms with Gasteiger partial charge in [0.05, 0.1) is 7.11 Å². The maximum atomic E-state index is 11.3. The SMILES string of the molecule is COC=O.O=C1CCCN1Cc1ccccc1. The van der Waals surface area contributed by atoms with Gasteiger partial charge in [0.2, 0.25) is 5.91 Å². The number of hydrogen-bond donors (Lipinski definition) is 0. The van der Waals surface area contributed by atoms with Crippen LogP contribution in [0.3, 0.4) is 0 Å². The molecule has 0 atom stereocenters. The summed E-state index contributed by atoms with van der Waals surface area (Å²) in [4.78, 5) is 22.2. The molecule has 0 spiro atoms. The topological polar surface area (TPSA) is 46.6 Å². The van der Waals surface area contributed by atoms with Crippen LogP contribution in [-0.4, -0.2) is 30.9 Å². The number of hydrogen-bond acceptors (Lipinski definition) is 3. The molecule has 1 aliphatic heterocycles. The number of nitrogens with zero attached hydrogens (tertiary/aromatic N) is 1. The van der Waals surface area contributed by atoms with Crippen molar-refractivity contribution < 1.29 is 14.3 Å². The van der Waals surface area contributed by atoms with Gasteiger partial charge >= 0.3 is 0 Å². The van der Waals surface area contributed by atoms with Crippen LogP contribution in [0.5, 0.6) is 0 Å². The summed E-state index contributed by atoms with van der Waals surface area (Å²) < 4.78 is 3.86. The molecule has 0 radical (unpaired) electrons. The van der Waals surface area contributed by atoms with E-state index in [4.69, 9.17) is 4.79 Å².